The molecule has 0 heterocycles. The molecule has 2 amide bonds. The molecule has 2 aromatic rings. The minimum Gasteiger partial charge on any atom is -0.457 e. The van der Waals surface area contributed by atoms with Crippen LogP contribution in [0.1, 0.15) is 23.5 Å². The first-order valence-corrected chi connectivity index (χ1v) is 7.64. The van der Waals surface area contributed by atoms with E-state index in [2.05, 4.69) is 6.07 Å². The van der Waals surface area contributed by atoms with E-state index in [9.17, 15) is 10.0 Å². The number of carbonyl (C=O) groups is 1. The topological polar surface area (TPSA) is 75.8 Å². The first kappa shape index (κ1) is 15.4. The number of hydrogen-bond acceptors (Lipinski definition) is 3. The van der Waals surface area contributed by atoms with Crippen LogP contribution in [0.15, 0.2) is 48.5 Å². The third kappa shape index (κ3) is 3.63. The van der Waals surface area contributed by atoms with E-state index in [0.29, 0.717) is 11.0 Å². The summed E-state index contributed by atoms with van der Waals surface area (Å²) in [6, 6.07) is 15.0. The molecule has 3 rings (SSSR count). The van der Waals surface area contributed by atoms with Gasteiger partial charge in [-0.1, -0.05) is 30.3 Å². The number of rotatable bonds is 5. The van der Waals surface area contributed by atoms with Gasteiger partial charge in [0.05, 0.1) is 6.54 Å². The first-order valence-electron chi connectivity index (χ1n) is 7.64. The summed E-state index contributed by atoms with van der Waals surface area (Å²) in [7, 11) is 0. The van der Waals surface area contributed by atoms with Gasteiger partial charge in [0.25, 0.3) is 0 Å². The second-order valence-corrected chi connectivity index (χ2v) is 5.96. The molecule has 2 atom stereocenters. The van der Waals surface area contributed by atoms with Gasteiger partial charge in [-0.05, 0) is 54.5 Å². The number of primary amides is 1. The maximum Gasteiger partial charge on any atom is 0.338 e. The Morgan fingerprint density at radius 3 is 2.74 bits per heavy atom. The van der Waals surface area contributed by atoms with Crippen molar-refractivity contribution in [3.63, 3.8) is 0 Å². The van der Waals surface area contributed by atoms with Crippen molar-refractivity contribution in [2.45, 2.75) is 19.3 Å². The summed E-state index contributed by atoms with van der Waals surface area (Å²) in [6.45, 7) is 2.28. The van der Waals surface area contributed by atoms with Gasteiger partial charge in [0.2, 0.25) is 0 Å². The smallest absolute Gasteiger partial charge is 0.338 e. The fourth-order valence-corrected chi connectivity index (χ4v) is 2.74. The number of para-hydroxylation sites is 1. The molecule has 1 aliphatic carbocycles. The molecule has 0 saturated heterocycles. The van der Waals surface area contributed by atoms with E-state index in [4.69, 9.17) is 10.5 Å². The molecule has 0 bridgehead atoms. The number of amides is 2. The molecule has 1 saturated carbocycles. The summed E-state index contributed by atoms with van der Waals surface area (Å²) in [5, 5.41) is 10.0. The number of nitrogens with two attached hydrogens (primary N) is 1. The predicted octanol–water partition coefficient (Wildman–Crippen LogP) is 3.66. The molecule has 23 heavy (non-hydrogen) atoms. The van der Waals surface area contributed by atoms with Gasteiger partial charge < -0.3 is 10.5 Å². The molecule has 0 aromatic heterocycles. The lowest BCUT2D eigenvalue weighted by Gasteiger charge is -2.13. The van der Waals surface area contributed by atoms with E-state index in [-0.39, 0.29) is 12.5 Å². The third-order valence-corrected chi connectivity index (χ3v) is 4.20. The monoisotopic (exact) mass is 312 g/mol. The number of carbonyl (C=O) groups excluding carboxylic acids is 1. The summed E-state index contributed by atoms with van der Waals surface area (Å²) < 4.78 is 5.95. The summed E-state index contributed by atoms with van der Waals surface area (Å²) in [4.78, 5) is 10.9. The molecule has 120 valence electrons. The van der Waals surface area contributed by atoms with Crippen LogP contribution in [0.5, 0.6) is 11.5 Å². The lowest BCUT2D eigenvalue weighted by atomic mass is 10.1. The number of ether oxygens (including phenoxy) is 1. The number of urea groups is 1. The van der Waals surface area contributed by atoms with Gasteiger partial charge in [0.15, 0.2) is 0 Å². The Bertz CT molecular complexity index is 703. The second-order valence-electron chi connectivity index (χ2n) is 5.96. The molecule has 3 N–H and O–H groups in total. The minimum absolute atomic E-state index is 0.236. The molecule has 5 heteroatoms. The van der Waals surface area contributed by atoms with Crippen LogP contribution < -0.4 is 10.5 Å². The summed E-state index contributed by atoms with van der Waals surface area (Å²) in [6.07, 6.45) is 0.929. The lowest BCUT2D eigenvalue weighted by molar-refractivity contribution is -0.0431. The van der Waals surface area contributed by atoms with Crippen LogP contribution in [0.4, 0.5) is 4.79 Å². The van der Waals surface area contributed by atoms with Gasteiger partial charge >= 0.3 is 6.03 Å². The largest absolute Gasteiger partial charge is 0.457 e. The summed E-state index contributed by atoms with van der Waals surface area (Å²) >= 11 is 0. The highest BCUT2D eigenvalue weighted by molar-refractivity contribution is 5.70. The lowest BCUT2D eigenvalue weighted by Crippen LogP contribution is -2.34. The van der Waals surface area contributed by atoms with Crippen LogP contribution in [0.2, 0.25) is 0 Å². The zero-order valence-electron chi connectivity index (χ0n) is 13.0. The molecule has 2 aromatic carbocycles. The Labute approximate surface area is 135 Å². The zero-order chi connectivity index (χ0) is 16.4. The quantitative estimate of drug-likeness (QED) is 0.653. The summed E-state index contributed by atoms with van der Waals surface area (Å²) in [5.41, 5.74) is 7.27. The van der Waals surface area contributed by atoms with E-state index in [1.807, 2.05) is 49.4 Å². The first-order chi connectivity index (χ1) is 11.0. The van der Waals surface area contributed by atoms with Gasteiger partial charge in [-0.15, -0.1) is 0 Å². The van der Waals surface area contributed by atoms with Crippen molar-refractivity contribution in [1.29, 1.82) is 0 Å². The van der Waals surface area contributed by atoms with Crippen molar-refractivity contribution in [3.8, 4) is 11.5 Å². The normalized spacial score (nSPS) is 19.2. The maximum absolute atomic E-state index is 10.9. The van der Waals surface area contributed by atoms with Crippen LogP contribution in [0.3, 0.4) is 0 Å². The molecular formula is C18H20N2O3. The predicted molar refractivity (Wildman–Crippen MR) is 86.6 cm³/mol. The van der Waals surface area contributed by atoms with Crippen molar-refractivity contribution >= 4 is 6.03 Å². The van der Waals surface area contributed by atoms with Gasteiger partial charge in [-0.25, -0.2) is 9.86 Å². The van der Waals surface area contributed by atoms with Crippen LogP contribution in [-0.4, -0.2) is 22.8 Å². The highest BCUT2D eigenvalue weighted by atomic mass is 16.5. The number of benzene rings is 2. The van der Waals surface area contributed by atoms with Crippen LogP contribution in [0, 0.1) is 12.8 Å². The Hall–Kier alpha value is -2.53. The van der Waals surface area contributed by atoms with Crippen molar-refractivity contribution in [2.24, 2.45) is 11.7 Å². The molecule has 0 spiro atoms. The molecule has 0 unspecified atom stereocenters. The Balaban J connectivity index is 1.70. The summed E-state index contributed by atoms with van der Waals surface area (Å²) in [5.74, 6) is 2.19. The number of hydrogen-bond donors (Lipinski definition) is 2. The van der Waals surface area contributed by atoms with Crippen molar-refractivity contribution in [3.05, 3.63) is 59.7 Å². The standard InChI is InChI=1S/C18H20N2O3/c1-12-7-8-13(16-9-14(16)11-20(22)18(19)21)10-17(12)23-15-5-3-2-4-6-15/h2-8,10,14,16,22H,9,11H2,1H3,(H2,19,21)/t14-,16-/m0/s1. The Morgan fingerprint density at radius 2 is 2.04 bits per heavy atom. The number of nitrogens with zero attached hydrogens (tertiary/aromatic N) is 1. The van der Waals surface area contributed by atoms with Gasteiger partial charge in [0.1, 0.15) is 11.5 Å². The van der Waals surface area contributed by atoms with Crippen molar-refractivity contribution in [2.75, 3.05) is 6.54 Å². The fraction of sp³-hybridized carbons (Fsp3) is 0.278. The van der Waals surface area contributed by atoms with Crippen molar-refractivity contribution in [1.82, 2.24) is 5.06 Å². The van der Waals surface area contributed by atoms with Gasteiger partial charge in [0, 0.05) is 0 Å². The van der Waals surface area contributed by atoms with E-state index < -0.39 is 6.03 Å². The van der Waals surface area contributed by atoms with E-state index >= 15 is 0 Å². The average molecular weight is 312 g/mol. The molecule has 1 aliphatic rings. The maximum atomic E-state index is 10.9. The van der Waals surface area contributed by atoms with Crippen LogP contribution in [0.25, 0.3) is 0 Å². The SMILES string of the molecule is Cc1ccc([C@@H]2C[C@H]2CN(O)C(N)=O)cc1Oc1ccccc1. The van der Waals surface area contributed by atoms with E-state index in [0.717, 1.165) is 29.0 Å². The number of hydroxylamine groups is 2. The Morgan fingerprint density at radius 1 is 1.30 bits per heavy atom. The van der Waals surface area contributed by atoms with E-state index in [1.54, 1.807) is 0 Å². The van der Waals surface area contributed by atoms with Crippen LogP contribution in [-0.2, 0) is 0 Å². The minimum atomic E-state index is -0.812. The molecular weight excluding hydrogens is 292 g/mol. The van der Waals surface area contributed by atoms with Crippen LogP contribution >= 0.6 is 0 Å². The zero-order valence-corrected chi connectivity index (χ0v) is 13.0. The molecule has 0 aliphatic heterocycles. The Kier molecular flexibility index (Phi) is 4.21. The van der Waals surface area contributed by atoms with Gasteiger partial charge in [-0.3, -0.25) is 5.21 Å². The highest BCUT2D eigenvalue weighted by Gasteiger charge is 2.40. The molecule has 1 fully saturated rings. The molecule has 5 nitrogen and oxygen atoms in total. The fourth-order valence-electron chi connectivity index (χ4n) is 2.74. The highest BCUT2D eigenvalue weighted by Crippen LogP contribution is 2.48. The third-order valence-electron chi connectivity index (χ3n) is 4.20. The number of aryl methyl sites for hydroxylation is 1. The average Bonchev–Trinajstić information content (AvgIpc) is 3.29. The second kappa shape index (κ2) is 6.30. The van der Waals surface area contributed by atoms with E-state index in [1.165, 1.54) is 0 Å². The van der Waals surface area contributed by atoms with Gasteiger partial charge in [-0.2, -0.15) is 0 Å². The van der Waals surface area contributed by atoms with Crippen molar-refractivity contribution < 1.29 is 14.7 Å². The molecule has 0 radical (unpaired) electrons.